The minimum Gasteiger partial charge on any atom is -0.550 e. The van der Waals surface area contributed by atoms with Gasteiger partial charge in [0, 0.05) is 32.0 Å². The zero-order valence-electron chi connectivity index (χ0n) is 15.0. The van der Waals surface area contributed by atoms with E-state index < -0.39 is 16.0 Å². The average molecular weight is 378 g/mol. The fourth-order valence-corrected chi connectivity index (χ4v) is 4.91. The molecule has 0 spiro atoms. The normalized spacial score (nSPS) is 15.7. The Morgan fingerprint density at radius 2 is 2.00 bits per heavy atom. The van der Waals surface area contributed by atoms with E-state index in [-0.39, 0.29) is 17.7 Å². The molecule has 0 atom stereocenters. The molecule has 1 aromatic heterocycles. The molecular weight excluding hydrogens is 354 g/mol. The molecule has 0 N–H and O–H groups in total. The molecule has 2 heterocycles. The Labute approximate surface area is 153 Å². The van der Waals surface area contributed by atoms with Gasteiger partial charge in [-0.1, -0.05) is 13.3 Å². The molecule has 142 valence electrons. The second-order valence-electron chi connectivity index (χ2n) is 6.67. The molecule has 1 aliphatic rings. The molecule has 2 aromatic rings. The van der Waals surface area contributed by atoms with E-state index in [9.17, 15) is 18.3 Å². The van der Waals surface area contributed by atoms with Crippen molar-refractivity contribution in [3.8, 4) is 0 Å². The highest BCUT2D eigenvalue weighted by atomic mass is 32.2. The van der Waals surface area contributed by atoms with Gasteiger partial charge >= 0.3 is 0 Å². The highest BCUT2D eigenvalue weighted by Crippen LogP contribution is 2.25. The van der Waals surface area contributed by atoms with Crippen molar-refractivity contribution >= 4 is 27.0 Å². The van der Waals surface area contributed by atoms with E-state index in [1.165, 1.54) is 4.31 Å². The number of hydrogen-bond acceptors (Lipinski definition) is 5. The van der Waals surface area contributed by atoms with Crippen molar-refractivity contribution in [3.05, 3.63) is 24.0 Å². The minimum absolute atomic E-state index is 0.103. The number of rotatable bonds is 8. The number of benzene rings is 1. The lowest BCUT2D eigenvalue weighted by Crippen LogP contribution is -2.27. The first-order valence-electron chi connectivity index (χ1n) is 9.12. The van der Waals surface area contributed by atoms with E-state index in [1.54, 1.807) is 18.2 Å². The Hall–Kier alpha value is -1.93. The summed E-state index contributed by atoms with van der Waals surface area (Å²) in [6.45, 7) is 3.93. The summed E-state index contributed by atoms with van der Waals surface area (Å²) in [6.07, 6.45) is 3.89. The van der Waals surface area contributed by atoms with Crippen LogP contribution in [-0.2, 0) is 27.8 Å². The van der Waals surface area contributed by atoms with Gasteiger partial charge < -0.3 is 14.5 Å². The van der Waals surface area contributed by atoms with E-state index in [0.717, 1.165) is 37.7 Å². The molecular formula is C18H24N3O4S-. The maximum Gasteiger partial charge on any atom is 0.243 e. The number of unbranched alkanes of at least 4 members (excludes halogenated alkanes) is 1. The number of sulfonamides is 1. The van der Waals surface area contributed by atoms with Crippen LogP contribution in [0.3, 0.4) is 0 Å². The quantitative estimate of drug-likeness (QED) is 0.690. The maximum absolute atomic E-state index is 12.8. The van der Waals surface area contributed by atoms with Gasteiger partial charge in [0.2, 0.25) is 10.0 Å². The second kappa shape index (κ2) is 7.75. The number of nitrogens with zero attached hydrogens (tertiary/aromatic N) is 3. The van der Waals surface area contributed by atoms with Crippen LogP contribution < -0.4 is 5.11 Å². The van der Waals surface area contributed by atoms with Crippen molar-refractivity contribution < 1.29 is 18.3 Å². The van der Waals surface area contributed by atoms with Crippen LogP contribution in [0.15, 0.2) is 23.1 Å². The smallest absolute Gasteiger partial charge is 0.243 e. The van der Waals surface area contributed by atoms with Crippen LogP contribution in [0.25, 0.3) is 11.0 Å². The standard InChI is InChI=1S/C18H25N3O4S/c1-2-3-12-21-16-7-6-14(26(24,25)20-10-4-5-11-20)13-15(16)19-17(21)8-9-18(22)23/h6-7,13H,2-5,8-12H2,1H3,(H,22,23)/p-1. The van der Waals surface area contributed by atoms with Crippen LogP contribution in [0, 0.1) is 0 Å². The van der Waals surface area contributed by atoms with Crippen molar-refractivity contribution in [2.45, 2.75) is 56.9 Å². The fraction of sp³-hybridized carbons (Fsp3) is 0.556. The first-order valence-corrected chi connectivity index (χ1v) is 10.6. The molecule has 7 nitrogen and oxygen atoms in total. The van der Waals surface area contributed by atoms with Gasteiger partial charge in [0.25, 0.3) is 0 Å². The molecule has 1 fully saturated rings. The number of carbonyl (C=O) groups is 1. The summed E-state index contributed by atoms with van der Waals surface area (Å²) in [4.78, 5) is 15.6. The topological polar surface area (TPSA) is 95.3 Å². The van der Waals surface area contributed by atoms with Gasteiger partial charge in [-0.2, -0.15) is 4.31 Å². The monoisotopic (exact) mass is 378 g/mol. The number of carboxylic acid groups (broad SMARTS) is 1. The van der Waals surface area contributed by atoms with E-state index >= 15 is 0 Å². The Balaban J connectivity index is 1.99. The summed E-state index contributed by atoms with van der Waals surface area (Å²) in [7, 11) is -3.50. The number of aliphatic carboxylic acids is 1. The molecule has 0 amide bonds. The number of aromatic nitrogens is 2. The predicted octanol–water partition coefficient (Wildman–Crippen LogP) is 1.30. The maximum atomic E-state index is 12.8. The first-order chi connectivity index (χ1) is 12.4. The number of fused-ring (bicyclic) bond motifs is 1. The van der Waals surface area contributed by atoms with Gasteiger partial charge in [0.05, 0.1) is 15.9 Å². The van der Waals surface area contributed by atoms with E-state index in [0.29, 0.717) is 24.4 Å². The number of imidazole rings is 1. The Bertz CT molecular complexity index is 899. The Kier molecular flexibility index (Phi) is 5.62. The molecule has 1 aliphatic heterocycles. The van der Waals surface area contributed by atoms with Gasteiger partial charge in [-0.3, -0.25) is 0 Å². The van der Waals surface area contributed by atoms with E-state index in [1.807, 2.05) is 4.57 Å². The largest absolute Gasteiger partial charge is 0.550 e. The molecule has 0 saturated carbocycles. The average Bonchev–Trinajstić information content (AvgIpc) is 3.25. The third kappa shape index (κ3) is 3.76. The number of carbonyl (C=O) groups excluding carboxylic acids is 1. The molecule has 3 rings (SSSR count). The van der Waals surface area contributed by atoms with Crippen molar-refractivity contribution in [1.82, 2.24) is 13.9 Å². The molecule has 0 bridgehead atoms. The molecule has 8 heteroatoms. The van der Waals surface area contributed by atoms with Gasteiger partial charge in [0.15, 0.2) is 0 Å². The lowest BCUT2D eigenvalue weighted by molar-refractivity contribution is -0.305. The van der Waals surface area contributed by atoms with Crippen LogP contribution >= 0.6 is 0 Å². The first kappa shape index (κ1) is 18.8. The number of hydrogen-bond donors (Lipinski definition) is 0. The molecule has 26 heavy (non-hydrogen) atoms. The SMILES string of the molecule is CCCCn1c(CCC(=O)[O-])nc2cc(S(=O)(=O)N3CCCC3)ccc21. The molecule has 1 saturated heterocycles. The summed E-state index contributed by atoms with van der Waals surface area (Å²) >= 11 is 0. The lowest BCUT2D eigenvalue weighted by atomic mass is 10.2. The highest BCUT2D eigenvalue weighted by molar-refractivity contribution is 7.89. The predicted molar refractivity (Wildman–Crippen MR) is 96.0 cm³/mol. The van der Waals surface area contributed by atoms with Crippen LogP contribution in [-0.4, -0.2) is 41.3 Å². The molecule has 0 aliphatic carbocycles. The van der Waals surface area contributed by atoms with Crippen molar-refractivity contribution in [2.24, 2.45) is 0 Å². The third-order valence-electron chi connectivity index (χ3n) is 4.79. The van der Waals surface area contributed by atoms with Crippen LogP contribution in [0.1, 0.15) is 44.9 Å². The van der Waals surface area contributed by atoms with Gasteiger partial charge in [-0.05, 0) is 43.9 Å². The van der Waals surface area contributed by atoms with Crippen LogP contribution in [0.2, 0.25) is 0 Å². The van der Waals surface area contributed by atoms with Gasteiger partial charge in [-0.25, -0.2) is 13.4 Å². The zero-order chi connectivity index (χ0) is 18.7. The van der Waals surface area contributed by atoms with Gasteiger partial charge in [0.1, 0.15) is 5.82 Å². The van der Waals surface area contributed by atoms with Crippen molar-refractivity contribution in [3.63, 3.8) is 0 Å². The summed E-state index contributed by atoms with van der Waals surface area (Å²) < 4.78 is 29.0. The molecule has 0 unspecified atom stereocenters. The van der Waals surface area contributed by atoms with Gasteiger partial charge in [-0.15, -0.1) is 0 Å². The van der Waals surface area contributed by atoms with Crippen LogP contribution in [0.4, 0.5) is 0 Å². The van der Waals surface area contributed by atoms with E-state index in [2.05, 4.69) is 11.9 Å². The zero-order valence-corrected chi connectivity index (χ0v) is 15.8. The van der Waals surface area contributed by atoms with E-state index in [4.69, 9.17) is 0 Å². The lowest BCUT2D eigenvalue weighted by Gasteiger charge is -2.15. The third-order valence-corrected chi connectivity index (χ3v) is 6.68. The number of carboxylic acids is 1. The molecule has 0 radical (unpaired) electrons. The Morgan fingerprint density at radius 3 is 2.65 bits per heavy atom. The summed E-state index contributed by atoms with van der Waals surface area (Å²) in [5.41, 5.74) is 1.43. The summed E-state index contributed by atoms with van der Waals surface area (Å²) in [5, 5.41) is 10.8. The summed E-state index contributed by atoms with van der Waals surface area (Å²) in [5.74, 6) is -0.454. The minimum atomic E-state index is -3.50. The van der Waals surface area contributed by atoms with Crippen molar-refractivity contribution in [2.75, 3.05) is 13.1 Å². The summed E-state index contributed by atoms with van der Waals surface area (Å²) in [6, 6.07) is 5.01. The number of aryl methyl sites for hydroxylation is 2. The highest BCUT2D eigenvalue weighted by Gasteiger charge is 2.27. The van der Waals surface area contributed by atoms with Crippen molar-refractivity contribution in [1.29, 1.82) is 0 Å². The second-order valence-corrected chi connectivity index (χ2v) is 8.60. The Morgan fingerprint density at radius 1 is 1.27 bits per heavy atom. The fourth-order valence-electron chi connectivity index (χ4n) is 3.37. The molecule has 1 aromatic carbocycles. The van der Waals surface area contributed by atoms with Crippen LogP contribution in [0.5, 0.6) is 0 Å².